The fourth-order valence-corrected chi connectivity index (χ4v) is 0.496. The van der Waals surface area contributed by atoms with Crippen LogP contribution in [0.2, 0.25) is 0 Å². The minimum absolute atomic E-state index is 0.503. The zero-order chi connectivity index (χ0) is 5.98. The van der Waals surface area contributed by atoms with Gasteiger partial charge in [-0.05, 0) is 0 Å². The van der Waals surface area contributed by atoms with Crippen molar-refractivity contribution >= 4 is 0 Å². The molecular formula is C4H8N4. The summed E-state index contributed by atoms with van der Waals surface area (Å²) in [6, 6.07) is 0. The molecule has 0 fully saturated rings. The summed E-state index contributed by atoms with van der Waals surface area (Å²) in [5.41, 5.74) is 6.24. The van der Waals surface area contributed by atoms with Crippen molar-refractivity contribution in [1.82, 2.24) is 15.0 Å². The highest BCUT2D eigenvalue weighted by atomic mass is 15.4. The van der Waals surface area contributed by atoms with Crippen LogP contribution < -0.4 is 5.73 Å². The van der Waals surface area contributed by atoms with Crippen molar-refractivity contribution in [2.24, 2.45) is 12.8 Å². The second kappa shape index (κ2) is 1.92. The smallest absolute Gasteiger partial charge is 0.0738 e. The maximum absolute atomic E-state index is 5.29. The molecule has 2 N–H and O–H groups in total. The third-order valence-electron chi connectivity index (χ3n) is 1.02. The molecule has 0 aliphatic heterocycles. The van der Waals surface area contributed by atoms with Gasteiger partial charge in [-0.15, -0.1) is 5.10 Å². The molecule has 4 nitrogen and oxygen atoms in total. The number of aromatic nitrogens is 3. The van der Waals surface area contributed by atoms with Crippen molar-refractivity contribution < 1.29 is 0 Å². The molecule has 0 aliphatic carbocycles. The highest BCUT2D eigenvalue weighted by molar-refractivity contribution is 4.90. The lowest BCUT2D eigenvalue weighted by molar-refractivity contribution is 0.678. The van der Waals surface area contributed by atoms with Gasteiger partial charge in [-0.3, -0.25) is 4.68 Å². The van der Waals surface area contributed by atoms with E-state index >= 15 is 0 Å². The Bertz CT molecular complexity index is 168. The summed E-state index contributed by atoms with van der Waals surface area (Å²) in [5, 5.41) is 7.30. The van der Waals surface area contributed by atoms with Crippen LogP contribution in [-0.2, 0) is 13.6 Å². The van der Waals surface area contributed by atoms with Gasteiger partial charge in [0.25, 0.3) is 0 Å². The molecule has 8 heavy (non-hydrogen) atoms. The molecule has 4 heteroatoms. The topological polar surface area (TPSA) is 56.7 Å². The van der Waals surface area contributed by atoms with Crippen molar-refractivity contribution in [2.75, 3.05) is 0 Å². The minimum Gasteiger partial charge on any atom is -0.325 e. The van der Waals surface area contributed by atoms with Gasteiger partial charge in [0.2, 0.25) is 0 Å². The van der Waals surface area contributed by atoms with Crippen LogP contribution in [0.4, 0.5) is 0 Å². The van der Waals surface area contributed by atoms with Crippen LogP contribution in [0.5, 0.6) is 0 Å². The predicted octanol–water partition coefficient (Wildman–Crippen LogP) is -0.726. The first kappa shape index (κ1) is 5.24. The van der Waals surface area contributed by atoms with E-state index in [1.165, 1.54) is 0 Å². The highest BCUT2D eigenvalue weighted by Gasteiger charge is 1.92. The molecule has 1 heterocycles. The first-order valence-electron chi connectivity index (χ1n) is 2.38. The summed E-state index contributed by atoms with van der Waals surface area (Å²) in [7, 11) is 1.81. The van der Waals surface area contributed by atoms with E-state index in [0.717, 1.165) is 5.69 Å². The van der Waals surface area contributed by atoms with Crippen LogP contribution in [0.25, 0.3) is 0 Å². The van der Waals surface area contributed by atoms with Gasteiger partial charge in [0.15, 0.2) is 0 Å². The largest absolute Gasteiger partial charge is 0.325 e. The Labute approximate surface area is 47.3 Å². The zero-order valence-corrected chi connectivity index (χ0v) is 4.70. The van der Waals surface area contributed by atoms with Crippen LogP contribution in [0.1, 0.15) is 5.69 Å². The molecule has 0 saturated carbocycles. The van der Waals surface area contributed by atoms with Gasteiger partial charge < -0.3 is 5.73 Å². The Morgan fingerprint density at radius 1 is 1.88 bits per heavy atom. The Kier molecular flexibility index (Phi) is 1.26. The molecule has 0 atom stereocenters. The van der Waals surface area contributed by atoms with Crippen LogP contribution in [0.15, 0.2) is 6.20 Å². The molecule has 0 radical (unpaired) electrons. The molecule has 0 aromatic carbocycles. The van der Waals surface area contributed by atoms with E-state index in [9.17, 15) is 0 Å². The van der Waals surface area contributed by atoms with Gasteiger partial charge in [0.1, 0.15) is 0 Å². The van der Waals surface area contributed by atoms with E-state index in [0.29, 0.717) is 6.54 Å². The van der Waals surface area contributed by atoms with Gasteiger partial charge in [-0.1, -0.05) is 5.21 Å². The summed E-state index contributed by atoms with van der Waals surface area (Å²) < 4.78 is 1.65. The molecule has 0 bridgehead atoms. The molecule has 1 rings (SSSR count). The normalized spacial score (nSPS) is 9.75. The Morgan fingerprint density at radius 3 is 2.88 bits per heavy atom. The van der Waals surface area contributed by atoms with Crippen molar-refractivity contribution in [2.45, 2.75) is 6.54 Å². The van der Waals surface area contributed by atoms with Gasteiger partial charge in [-0.2, -0.15) is 0 Å². The lowest BCUT2D eigenvalue weighted by Crippen LogP contribution is -2.03. The van der Waals surface area contributed by atoms with Crippen molar-refractivity contribution in [3.8, 4) is 0 Å². The number of nitrogens with zero attached hydrogens (tertiary/aromatic N) is 3. The first-order chi connectivity index (χ1) is 3.84. The lowest BCUT2D eigenvalue weighted by atomic mass is 10.5. The summed E-state index contributed by atoms with van der Waals surface area (Å²) in [6.07, 6.45) is 1.65. The standard InChI is InChI=1S/C4H8N4/c1-8-4(2-5)3-6-7-8/h3H,2,5H2,1H3. The molecule has 0 aliphatic rings. The van der Waals surface area contributed by atoms with Crippen molar-refractivity contribution in [3.63, 3.8) is 0 Å². The Hall–Kier alpha value is -0.900. The molecule has 0 unspecified atom stereocenters. The molecule has 1 aromatic rings. The molecule has 44 valence electrons. The van der Waals surface area contributed by atoms with Crippen molar-refractivity contribution in [1.29, 1.82) is 0 Å². The van der Waals surface area contributed by atoms with Gasteiger partial charge in [0.05, 0.1) is 11.9 Å². The SMILES string of the molecule is Cn1nncc1CN. The fraction of sp³-hybridized carbons (Fsp3) is 0.500. The van der Waals surface area contributed by atoms with Gasteiger partial charge >= 0.3 is 0 Å². The number of aryl methyl sites for hydroxylation is 1. The third kappa shape index (κ3) is 0.696. The van der Waals surface area contributed by atoms with Crippen LogP contribution >= 0.6 is 0 Å². The van der Waals surface area contributed by atoms with E-state index in [1.807, 2.05) is 7.05 Å². The third-order valence-corrected chi connectivity index (χ3v) is 1.02. The van der Waals surface area contributed by atoms with Crippen LogP contribution in [0.3, 0.4) is 0 Å². The minimum atomic E-state index is 0.503. The number of rotatable bonds is 1. The van der Waals surface area contributed by atoms with E-state index in [1.54, 1.807) is 10.9 Å². The number of hydrogen-bond donors (Lipinski definition) is 1. The maximum Gasteiger partial charge on any atom is 0.0738 e. The predicted molar refractivity (Wildman–Crippen MR) is 28.9 cm³/mol. The molecule has 0 amide bonds. The second-order valence-electron chi connectivity index (χ2n) is 1.55. The Balaban J connectivity index is 2.92. The summed E-state index contributed by atoms with van der Waals surface area (Å²) in [6.45, 7) is 0.503. The number of hydrogen-bond acceptors (Lipinski definition) is 3. The molecular weight excluding hydrogens is 104 g/mol. The highest BCUT2D eigenvalue weighted by Crippen LogP contribution is 1.87. The quantitative estimate of drug-likeness (QED) is 0.521. The first-order valence-corrected chi connectivity index (χ1v) is 2.38. The van der Waals surface area contributed by atoms with Gasteiger partial charge in [0, 0.05) is 13.6 Å². The van der Waals surface area contributed by atoms with Crippen LogP contribution in [0, 0.1) is 0 Å². The maximum atomic E-state index is 5.29. The van der Waals surface area contributed by atoms with E-state index in [4.69, 9.17) is 5.73 Å². The summed E-state index contributed by atoms with van der Waals surface area (Å²) >= 11 is 0. The van der Waals surface area contributed by atoms with E-state index in [2.05, 4.69) is 10.3 Å². The average Bonchev–Trinajstić information content (AvgIpc) is 2.14. The zero-order valence-electron chi connectivity index (χ0n) is 4.70. The molecule has 0 spiro atoms. The number of nitrogens with two attached hydrogens (primary N) is 1. The molecule has 0 saturated heterocycles. The summed E-state index contributed by atoms with van der Waals surface area (Å²) in [5.74, 6) is 0. The van der Waals surface area contributed by atoms with Crippen LogP contribution in [-0.4, -0.2) is 15.0 Å². The van der Waals surface area contributed by atoms with Gasteiger partial charge in [-0.25, -0.2) is 0 Å². The summed E-state index contributed by atoms with van der Waals surface area (Å²) in [4.78, 5) is 0. The second-order valence-corrected chi connectivity index (χ2v) is 1.55. The Morgan fingerprint density at radius 2 is 2.62 bits per heavy atom. The van der Waals surface area contributed by atoms with E-state index in [-0.39, 0.29) is 0 Å². The molecule has 1 aromatic heterocycles. The monoisotopic (exact) mass is 112 g/mol. The van der Waals surface area contributed by atoms with Crippen molar-refractivity contribution in [3.05, 3.63) is 11.9 Å². The lowest BCUT2D eigenvalue weighted by Gasteiger charge is -1.90. The fourth-order valence-electron chi connectivity index (χ4n) is 0.496. The van der Waals surface area contributed by atoms with E-state index < -0.39 is 0 Å². The average molecular weight is 112 g/mol.